The van der Waals surface area contributed by atoms with Gasteiger partial charge in [-0.15, -0.1) is 0 Å². The fourth-order valence-corrected chi connectivity index (χ4v) is 4.78. The number of hydrogen-bond acceptors (Lipinski definition) is 4. The van der Waals surface area contributed by atoms with Crippen LogP contribution >= 0.6 is 0 Å². The molecule has 0 unspecified atom stereocenters. The molecule has 5 rings (SSSR count). The normalized spacial score (nSPS) is 13.3. The minimum absolute atomic E-state index is 0.0753. The Hall–Kier alpha value is -4.72. The van der Waals surface area contributed by atoms with E-state index in [4.69, 9.17) is 10.2 Å². The minimum atomic E-state index is -0.540. The Morgan fingerprint density at radius 1 is 1.03 bits per heavy atom. The zero-order valence-electron chi connectivity index (χ0n) is 20.8. The van der Waals surface area contributed by atoms with E-state index in [0.29, 0.717) is 38.8 Å². The quantitative estimate of drug-likeness (QED) is 0.311. The van der Waals surface area contributed by atoms with E-state index in [1.54, 1.807) is 30.3 Å². The van der Waals surface area contributed by atoms with Gasteiger partial charge in [-0.25, -0.2) is 4.39 Å². The van der Waals surface area contributed by atoms with Crippen molar-refractivity contribution in [2.75, 3.05) is 7.05 Å². The van der Waals surface area contributed by atoms with Crippen molar-refractivity contribution < 1.29 is 23.2 Å². The lowest BCUT2D eigenvalue weighted by molar-refractivity contribution is -0.117. The van der Waals surface area contributed by atoms with Gasteiger partial charge in [-0.3, -0.25) is 14.4 Å². The zero-order chi connectivity index (χ0) is 27.0. The highest BCUT2D eigenvalue weighted by Crippen LogP contribution is 2.38. The van der Waals surface area contributed by atoms with Crippen LogP contribution in [-0.2, 0) is 11.2 Å². The van der Waals surface area contributed by atoms with Crippen molar-refractivity contribution in [2.45, 2.75) is 25.3 Å². The molecular weight excluding hydrogens is 485 g/mol. The molecule has 1 aromatic heterocycles. The molecule has 3 aromatic carbocycles. The third kappa shape index (κ3) is 4.80. The first kappa shape index (κ1) is 25.0. The molecular formula is C30H26FN3O4. The predicted octanol–water partition coefficient (Wildman–Crippen LogP) is 4.74. The number of amides is 3. The molecule has 8 heteroatoms. The van der Waals surface area contributed by atoms with Crippen molar-refractivity contribution in [1.82, 2.24) is 10.6 Å². The summed E-state index contributed by atoms with van der Waals surface area (Å²) in [6.45, 7) is 3.91. The van der Waals surface area contributed by atoms with E-state index in [1.165, 1.54) is 31.3 Å². The van der Waals surface area contributed by atoms with Gasteiger partial charge in [-0.05, 0) is 78.1 Å². The Labute approximate surface area is 218 Å². The number of primary amides is 1. The van der Waals surface area contributed by atoms with Gasteiger partial charge in [0.05, 0.1) is 12.0 Å². The summed E-state index contributed by atoms with van der Waals surface area (Å²) < 4.78 is 19.6. The second-order valence-corrected chi connectivity index (χ2v) is 9.45. The summed E-state index contributed by atoms with van der Waals surface area (Å²) >= 11 is 0. The minimum Gasteiger partial charge on any atom is -0.455 e. The second-order valence-electron chi connectivity index (χ2n) is 9.45. The van der Waals surface area contributed by atoms with Crippen LogP contribution in [0.4, 0.5) is 4.39 Å². The fraction of sp³-hybridized carbons (Fsp3) is 0.167. The highest BCUT2D eigenvalue weighted by Gasteiger charge is 2.25. The van der Waals surface area contributed by atoms with E-state index < -0.39 is 11.7 Å². The van der Waals surface area contributed by atoms with Gasteiger partial charge < -0.3 is 20.8 Å². The van der Waals surface area contributed by atoms with Crippen LogP contribution in [0, 0.1) is 5.82 Å². The molecule has 0 saturated heterocycles. The molecule has 1 aliphatic rings. The molecule has 0 aliphatic heterocycles. The van der Waals surface area contributed by atoms with E-state index >= 15 is 0 Å². The van der Waals surface area contributed by atoms with Gasteiger partial charge in [-0.2, -0.15) is 0 Å². The number of fused-ring (bicyclic) bond motifs is 1. The predicted molar refractivity (Wildman–Crippen MR) is 143 cm³/mol. The Kier molecular flexibility index (Phi) is 6.55. The molecule has 1 saturated carbocycles. The van der Waals surface area contributed by atoms with E-state index in [2.05, 4.69) is 17.2 Å². The van der Waals surface area contributed by atoms with Crippen molar-refractivity contribution in [2.24, 2.45) is 5.73 Å². The summed E-state index contributed by atoms with van der Waals surface area (Å²) in [5, 5.41) is 6.15. The molecule has 192 valence electrons. The molecule has 0 radical (unpaired) electrons. The number of carbonyl (C=O) groups is 3. The molecule has 0 atom stereocenters. The number of halogens is 1. The molecule has 1 heterocycles. The maximum Gasteiger partial charge on any atom is 0.255 e. The number of furan rings is 1. The monoisotopic (exact) mass is 511 g/mol. The lowest BCUT2D eigenvalue weighted by Gasteiger charge is -2.29. The van der Waals surface area contributed by atoms with Crippen LogP contribution in [0.5, 0.6) is 0 Å². The van der Waals surface area contributed by atoms with E-state index in [9.17, 15) is 18.8 Å². The highest BCUT2D eigenvalue weighted by atomic mass is 19.1. The summed E-state index contributed by atoms with van der Waals surface area (Å²) in [6.07, 6.45) is 1.46. The van der Waals surface area contributed by atoms with E-state index in [1.807, 2.05) is 6.07 Å². The van der Waals surface area contributed by atoms with Crippen molar-refractivity contribution >= 4 is 28.7 Å². The molecule has 1 aliphatic carbocycles. The van der Waals surface area contributed by atoms with Crippen LogP contribution in [0.2, 0.25) is 0 Å². The van der Waals surface area contributed by atoms with Crippen molar-refractivity contribution in [3.8, 4) is 22.5 Å². The van der Waals surface area contributed by atoms with E-state index in [0.717, 1.165) is 18.4 Å². The molecule has 0 bridgehead atoms. The maximum atomic E-state index is 13.6. The summed E-state index contributed by atoms with van der Waals surface area (Å²) in [4.78, 5) is 37.8. The maximum absolute atomic E-state index is 13.6. The molecule has 3 amide bonds. The average molecular weight is 512 g/mol. The number of nitrogens with two attached hydrogens (primary N) is 1. The van der Waals surface area contributed by atoms with Crippen molar-refractivity contribution in [3.63, 3.8) is 0 Å². The van der Waals surface area contributed by atoms with Gasteiger partial charge in [0.25, 0.3) is 11.8 Å². The first-order chi connectivity index (χ1) is 18.2. The summed E-state index contributed by atoms with van der Waals surface area (Å²) in [6, 6.07) is 16.2. The summed E-state index contributed by atoms with van der Waals surface area (Å²) in [5.41, 5.74) is 10.2. The molecule has 1 fully saturated rings. The molecule has 4 aromatic rings. The molecule has 4 N–H and O–H groups in total. The van der Waals surface area contributed by atoms with Crippen LogP contribution in [0.3, 0.4) is 0 Å². The highest BCUT2D eigenvalue weighted by molar-refractivity contribution is 6.12. The number of rotatable bonds is 7. The topological polar surface area (TPSA) is 114 Å². The first-order valence-electron chi connectivity index (χ1n) is 12.2. The zero-order valence-corrected chi connectivity index (χ0v) is 20.8. The summed E-state index contributed by atoms with van der Waals surface area (Å²) in [5.74, 6) is -1.26. The van der Waals surface area contributed by atoms with Gasteiger partial charge in [0, 0.05) is 29.6 Å². The van der Waals surface area contributed by atoms with Crippen molar-refractivity contribution in [3.05, 3.63) is 95.3 Å². The fourth-order valence-electron chi connectivity index (χ4n) is 4.78. The van der Waals surface area contributed by atoms with E-state index in [-0.39, 0.29) is 35.6 Å². The van der Waals surface area contributed by atoms with Crippen LogP contribution in [0.1, 0.15) is 39.1 Å². The number of carbonyl (C=O) groups excluding carboxylic acids is 3. The van der Waals surface area contributed by atoms with Crippen LogP contribution < -0.4 is 16.4 Å². The molecule has 38 heavy (non-hydrogen) atoms. The number of nitrogens with one attached hydrogen (secondary N) is 2. The van der Waals surface area contributed by atoms with Crippen LogP contribution in [0.15, 0.2) is 77.2 Å². The number of hydrogen-bond donors (Lipinski definition) is 3. The van der Waals surface area contributed by atoms with Crippen molar-refractivity contribution in [1.29, 1.82) is 0 Å². The third-order valence-electron chi connectivity index (χ3n) is 6.68. The summed E-state index contributed by atoms with van der Waals surface area (Å²) in [7, 11) is 1.51. The SMILES string of the molecule is C=C1CC(NC(=O)c2cccc(-c3cc4c(C(=O)NC)c(-c5ccc(F)cc5)oc4cc3CC(N)=O)c2)C1. The van der Waals surface area contributed by atoms with Gasteiger partial charge >= 0.3 is 0 Å². The van der Waals surface area contributed by atoms with Crippen LogP contribution in [-0.4, -0.2) is 30.8 Å². The largest absolute Gasteiger partial charge is 0.455 e. The average Bonchev–Trinajstić information content (AvgIpc) is 3.25. The Morgan fingerprint density at radius 3 is 2.42 bits per heavy atom. The lowest BCUT2D eigenvalue weighted by Crippen LogP contribution is -2.40. The standard InChI is InChI=1S/C30H26FN3O4/c1-16-10-22(11-16)34-29(36)19-5-3-4-18(12-19)23-15-24-25(13-20(23)14-26(32)35)38-28(27(24)30(37)33-2)17-6-8-21(31)9-7-17/h3-9,12-13,15,22H,1,10-11,14H2,2H3,(H2,32,35)(H,33,37)(H,34,36). The first-order valence-corrected chi connectivity index (χ1v) is 12.2. The third-order valence-corrected chi connectivity index (χ3v) is 6.68. The smallest absolute Gasteiger partial charge is 0.255 e. The second kappa shape index (κ2) is 9.97. The van der Waals surface area contributed by atoms with Gasteiger partial charge in [-0.1, -0.05) is 24.3 Å². The molecule has 0 spiro atoms. The van der Waals surface area contributed by atoms with Gasteiger partial charge in [0.2, 0.25) is 5.91 Å². The van der Waals surface area contributed by atoms with Gasteiger partial charge in [0.1, 0.15) is 17.2 Å². The Balaban J connectivity index is 1.65. The van der Waals surface area contributed by atoms with Gasteiger partial charge in [0.15, 0.2) is 0 Å². The Morgan fingerprint density at radius 2 is 1.76 bits per heavy atom. The van der Waals surface area contributed by atoms with Crippen LogP contribution in [0.25, 0.3) is 33.4 Å². The lowest BCUT2D eigenvalue weighted by atomic mass is 9.87. The Bertz CT molecular complexity index is 1600. The number of benzene rings is 3. The molecule has 7 nitrogen and oxygen atoms in total.